The number of aryl methyl sites for hydroxylation is 1. The highest BCUT2D eigenvalue weighted by atomic mass is 19.4. The van der Waals surface area contributed by atoms with E-state index in [0.717, 1.165) is 35.3 Å². The predicted octanol–water partition coefficient (Wildman–Crippen LogP) is 8.56. The van der Waals surface area contributed by atoms with Crippen LogP contribution in [0.25, 0.3) is 39.3 Å². The third-order valence-electron chi connectivity index (χ3n) is 12.9. The van der Waals surface area contributed by atoms with Crippen molar-refractivity contribution in [2.24, 2.45) is 5.41 Å². The number of piperidine rings is 1. The molecule has 0 spiro atoms. The molecule has 0 aliphatic carbocycles. The van der Waals surface area contributed by atoms with Crippen LogP contribution in [0.4, 0.5) is 30.7 Å². The molecule has 5 aromatic heterocycles. The molecule has 20 heteroatoms. The molecule has 0 bridgehead atoms. The van der Waals surface area contributed by atoms with Crippen LogP contribution in [-0.4, -0.2) is 93.0 Å². The van der Waals surface area contributed by atoms with Gasteiger partial charge in [-0.3, -0.25) is 13.9 Å². The lowest BCUT2D eigenvalue weighted by Crippen LogP contribution is -2.53. The summed E-state index contributed by atoms with van der Waals surface area (Å²) in [5, 5.41) is 20.1. The number of pyridine rings is 2. The zero-order valence-electron chi connectivity index (χ0n) is 37.8. The summed E-state index contributed by atoms with van der Waals surface area (Å²) in [6.07, 6.45) is -7.49. The number of likely N-dealkylation sites (tertiary alicyclic amines) is 1. The number of nitrogens with zero attached hydrogens (tertiary/aromatic N) is 10. The summed E-state index contributed by atoms with van der Waals surface area (Å²) in [6, 6.07) is 15.7. The summed E-state index contributed by atoms with van der Waals surface area (Å²) in [6.45, 7) is 10.8. The summed E-state index contributed by atoms with van der Waals surface area (Å²) in [4.78, 5) is 51.3. The van der Waals surface area contributed by atoms with Crippen molar-refractivity contribution < 1.29 is 40.6 Å². The number of aromatic nitrogens is 7. The summed E-state index contributed by atoms with van der Waals surface area (Å²) in [5.41, 5.74) is -2.97. The van der Waals surface area contributed by atoms with Crippen LogP contribution in [0.1, 0.15) is 83.8 Å². The number of carbonyl (C=O) groups is 1. The number of hydrogen-bond donors (Lipinski definition) is 1. The SMILES string of the molecule is Cc1nc(-c2ccc(C(O)(C(F)(F)F)C(F)(F)F)cc2)nc2c1n(-c1ccc(C(=O)N3CCc4c(n(Cc5ccc(C#N)cc5F)c5ncccc45)C3)nc1)c(=O)n2C1CCN(CC(C)(C)C)CC1. The summed E-state index contributed by atoms with van der Waals surface area (Å²) in [7, 11) is 0. The highest BCUT2D eigenvalue weighted by molar-refractivity contribution is 5.93. The van der Waals surface area contributed by atoms with Gasteiger partial charge in [-0.25, -0.2) is 29.1 Å². The lowest BCUT2D eigenvalue weighted by atomic mass is 9.91. The molecule has 2 aliphatic rings. The Balaban J connectivity index is 1.05. The van der Waals surface area contributed by atoms with Gasteiger partial charge in [0.2, 0.25) is 0 Å². The number of fused-ring (bicyclic) bond motifs is 4. The molecule has 1 amide bonds. The van der Waals surface area contributed by atoms with Crippen molar-refractivity contribution in [2.75, 3.05) is 26.2 Å². The van der Waals surface area contributed by atoms with Crippen LogP contribution in [0.2, 0.25) is 0 Å². The molecule has 0 saturated carbocycles. The molecule has 7 heterocycles. The first-order valence-electron chi connectivity index (χ1n) is 22.2. The maximum absolute atomic E-state index is 15.2. The number of hydrogen-bond acceptors (Lipinski definition) is 9. The van der Waals surface area contributed by atoms with Crippen LogP contribution in [0, 0.1) is 29.5 Å². The van der Waals surface area contributed by atoms with Crippen LogP contribution in [0.3, 0.4) is 0 Å². The van der Waals surface area contributed by atoms with Crippen molar-refractivity contribution in [3.63, 3.8) is 0 Å². The molecule has 1 fully saturated rings. The highest BCUT2D eigenvalue weighted by Gasteiger charge is 2.71. The van der Waals surface area contributed by atoms with Gasteiger partial charge in [0.15, 0.2) is 11.5 Å². The average Bonchev–Trinajstić information content (AvgIpc) is 3.78. The van der Waals surface area contributed by atoms with E-state index < -0.39 is 40.9 Å². The van der Waals surface area contributed by atoms with Crippen molar-refractivity contribution in [3.8, 4) is 23.1 Å². The minimum atomic E-state index is -6.07. The number of benzene rings is 2. The number of imidazole rings is 1. The zero-order chi connectivity index (χ0) is 49.4. The minimum absolute atomic E-state index is 0.0210. The fourth-order valence-corrected chi connectivity index (χ4v) is 9.65. The topological polar surface area (TPSA) is 151 Å². The number of alkyl halides is 6. The molecule has 2 aliphatic heterocycles. The van der Waals surface area contributed by atoms with E-state index in [2.05, 4.69) is 40.6 Å². The molecule has 1 N–H and O–H groups in total. The maximum atomic E-state index is 15.2. The first-order chi connectivity index (χ1) is 32.6. The molecule has 7 aromatic rings. The Kier molecular flexibility index (Phi) is 11.7. The first kappa shape index (κ1) is 47.1. The summed E-state index contributed by atoms with van der Waals surface area (Å²) < 4.78 is 102. The molecule has 1 saturated heterocycles. The third-order valence-corrected chi connectivity index (χ3v) is 12.9. The van der Waals surface area contributed by atoms with Crippen LogP contribution in [0.15, 0.2) is 83.9 Å². The predicted molar refractivity (Wildman–Crippen MR) is 240 cm³/mol. The van der Waals surface area contributed by atoms with Crippen molar-refractivity contribution in [1.82, 2.24) is 43.4 Å². The molecule has 69 heavy (non-hydrogen) atoms. The molecule has 13 nitrogen and oxygen atoms in total. The first-order valence-corrected chi connectivity index (χ1v) is 22.2. The van der Waals surface area contributed by atoms with Gasteiger partial charge in [-0.2, -0.15) is 31.6 Å². The Morgan fingerprint density at radius 1 is 0.899 bits per heavy atom. The smallest absolute Gasteiger partial charge is 0.369 e. The molecule has 358 valence electrons. The zero-order valence-corrected chi connectivity index (χ0v) is 37.8. The Labute approximate surface area is 390 Å². The maximum Gasteiger partial charge on any atom is 0.430 e. The van der Waals surface area contributed by atoms with Crippen molar-refractivity contribution in [1.29, 1.82) is 5.26 Å². The van der Waals surface area contributed by atoms with Gasteiger partial charge in [0.25, 0.3) is 11.5 Å². The normalized spacial score (nSPS) is 15.5. The van der Waals surface area contributed by atoms with E-state index in [9.17, 15) is 46.3 Å². The van der Waals surface area contributed by atoms with Gasteiger partial charge < -0.3 is 19.5 Å². The van der Waals surface area contributed by atoms with Gasteiger partial charge in [0, 0.05) is 66.2 Å². The summed E-state index contributed by atoms with van der Waals surface area (Å²) >= 11 is 0. The fourth-order valence-electron chi connectivity index (χ4n) is 9.65. The van der Waals surface area contributed by atoms with Gasteiger partial charge in [-0.1, -0.05) is 51.1 Å². The number of amides is 1. The second kappa shape index (κ2) is 17.2. The monoisotopic (exact) mass is 954 g/mol. The molecule has 9 rings (SSSR count). The van der Waals surface area contributed by atoms with E-state index in [1.54, 1.807) is 40.8 Å². The van der Waals surface area contributed by atoms with Crippen LogP contribution in [0.5, 0.6) is 0 Å². The second-order valence-corrected chi connectivity index (χ2v) is 18.8. The average molecular weight is 955 g/mol. The van der Waals surface area contributed by atoms with E-state index in [4.69, 9.17) is 4.98 Å². The van der Waals surface area contributed by atoms with Crippen molar-refractivity contribution in [2.45, 2.75) is 84.0 Å². The fraction of sp³-hybridized carbons (Fsp3) is 0.367. The highest BCUT2D eigenvalue weighted by Crippen LogP contribution is 2.50. The Bertz CT molecular complexity index is 3210. The second-order valence-electron chi connectivity index (χ2n) is 18.8. The molecular weight excluding hydrogens is 910 g/mol. The van der Waals surface area contributed by atoms with Gasteiger partial charge in [0.1, 0.15) is 22.7 Å². The Morgan fingerprint density at radius 3 is 2.23 bits per heavy atom. The minimum Gasteiger partial charge on any atom is -0.369 e. The van der Waals surface area contributed by atoms with Gasteiger partial charge in [0.05, 0.1) is 42.3 Å². The standard InChI is InChI=1S/C49H45F7N10O3/c1-28-40-43(61-41(60-28)30-9-11-32(12-10-30)47(69,48(51,52)53)49(54,55)56)66(33-15-19-62(20-16-33)27-46(2,3)4)45(68)65(40)34-13-14-38(59-24-34)44(67)63-21-17-35-36-6-5-18-58-42(36)64(39(35)26-63)25-31-8-7-29(23-57)22-37(31)50/h5-14,18,22,24,33,69H,15-17,19-21,25-27H2,1-4H3. The van der Waals surface area contributed by atoms with Gasteiger partial charge in [-0.15, -0.1) is 0 Å². The van der Waals surface area contributed by atoms with Crippen LogP contribution in [-0.2, 0) is 25.1 Å². The molecule has 0 atom stereocenters. The summed E-state index contributed by atoms with van der Waals surface area (Å²) in [5.74, 6) is -1.01. The van der Waals surface area contributed by atoms with Crippen LogP contribution >= 0.6 is 0 Å². The van der Waals surface area contributed by atoms with Gasteiger partial charge in [-0.05, 0) is 73.6 Å². The number of rotatable bonds is 8. The quantitative estimate of drug-likeness (QED) is 0.148. The van der Waals surface area contributed by atoms with Crippen LogP contribution < -0.4 is 5.69 Å². The Hall–Kier alpha value is -6.98. The number of nitriles is 1. The molecule has 0 unspecified atom stereocenters. The largest absolute Gasteiger partial charge is 0.430 e. The lowest BCUT2D eigenvalue weighted by Gasteiger charge is -2.36. The van der Waals surface area contributed by atoms with Gasteiger partial charge >= 0.3 is 18.0 Å². The molecule has 0 radical (unpaired) electrons. The number of aliphatic hydroxyl groups is 1. The lowest BCUT2D eigenvalue weighted by molar-refractivity contribution is -0.376. The molecule has 2 aromatic carbocycles. The molecular formula is C49H45F7N10O3. The van der Waals surface area contributed by atoms with E-state index in [-0.39, 0.29) is 69.7 Å². The van der Waals surface area contributed by atoms with E-state index >= 15 is 4.39 Å². The number of carbonyl (C=O) groups excluding carboxylic acids is 1. The van der Waals surface area contributed by atoms with E-state index in [1.165, 1.54) is 22.9 Å². The van der Waals surface area contributed by atoms with E-state index in [0.29, 0.717) is 62.2 Å². The van der Waals surface area contributed by atoms with E-state index in [1.807, 2.05) is 22.8 Å². The Morgan fingerprint density at radius 2 is 1.61 bits per heavy atom. The van der Waals surface area contributed by atoms with Crippen molar-refractivity contribution in [3.05, 3.63) is 135 Å². The third kappa shape index (κ3) is 8.41. The van der Waals surface area contributed by atoms with Crippen molar-refractivity contribution >= 4 is 28.1 Å². The number of halogens is 7.